The van der Waals surface area contributed by atoms with Gasteiger partial charge in [0.2, 0.25) is 0 Å². The highest BCUT2D eigenvalue weighted by Crippen LogP contribution is 2.47. The molecule has 0 saturated heterocycles. The summed E-state index contributed by atoms with van der Waals surface area (Å²) in [5, 5.41) is 8.43. The SMILES string of the molecule is C[P+](C)(C)CCCCCCCC(=O)O. The van der Waals surface area contributed by atoms with Gasteiger partial charge in [-0.3, -0.25) is 4.79 Å². The van der Waals surface area contributed by atoms with Crippen LogP contribution in [0, 0.1) is 0 Å². The standard InChI is InChI=1S/C11H23O2P/c1-14(2,3)10-8-6-4-5-7-9-11(12)13/h4-10H2,1-3H3/p+1. The molecule has 2 nitrogen and oxygen atoms in total. The molecule has 3 heteroatoms. The Bertz CT molecular complexity index is 161. The Labute approximate surface area is 88.4 Å². The number of hydrogen-bond acceptors (Lipinski definition) is 1. The zero-order valence-electron chi connectivity index (χ0n) is 9.75. The predicted octanol–water partition coefficient (Wildman–Crippen LogP) is 3.32. The zero-order valence-corrected chi connectivity index (χ0v) is 10.6. The summed E-state index contributed by atoms with van der Waals surface area (Å²) in [6.45, 7) is 7.12. The second kappa shape index (κ2) is 7.23. The molecule has 0 fully saturated rings. The van der Waals surface area contributed by atoms with Crippen LogP contribution >= 0.6 is 7.26 Å². The topological polar surface area (TPSA) is 37.3 Å². The second-order valence-electron chi connectivity index (χ2n) is 4.93. The molecule has 14 heavy (non-hydrogen) atoms. The zero-order chi connectivity index (χ0) is 11.0. The fourth-order valence-corrected chi connectivity index (χ4v) is 2.56. The molecule has 0 aliphatic rings. The number of unbranched alkanes of at least 4 members (excludes halogenated alkanes) is 4. The first-order chi connectivity index (χ1) is 6.42. The molecule has 84 valence electrons. The van der Waals surface area contributed by atoms with Crippen molar-refractivity contribution in [2.75, 3.05) is 26.2 Å². The molecule has 0 atom stereocenters. The van der Waals surface area contributed by atoms with Gasteiger partial charge in [-0.25, -0.2) is 0 Å². The van der Waals surface area contributed by atoms with E-state index in [9.17, 15) is 4.79 Å². The molecule has 0 aliphatic heterocycles. The molecule has 1 N–H and O–H groups in total. The quantitative estimate of drug-likeness (QED) is 0.502. The molecule has 0 radical (unpaired) electrons. The molecule has 0 heterocycles. The Morgan fingerprint density at radius 3 is 2.00 bits per heavy atom. The van der Waals surface area contributed by atoms with Crippen molar-refractivity contribution in [3.8, 4) is 0 Å². The van der Waals surface area contributed by atoms with Gasteiger partial charge in [0.25, 0.3) is 0 Å². The molecule has 0 rings (SSSR count). The lowest BCUT2D eigenvalue weighted by Crippen LogP contribution is -1.95. The first-order valence-electron chi connectivity index (χ1n) is 5.44. The van der Waals surface area contributed by atoms with E-state index in [1.165, 1.54) is 25.4 Å². The Morgan fingerprint density at radius 1 is 1.00 bits per heavy atom. The largest absolute Gasteiger partial charge is 0.481 e. The van der Waals surface area contributed by atoms with Gasteiger partial charge in [0, 0.05) is 33.7 Å². The van der Waals surface area contributed by atoms with Crippen LogP contribution in [-0.4, -0.2) is 37.2 Å². The summed E-state index contributed by atoms with van der Waals surface area (Å²) < 4.78 is 0. The average molecular weight is 219 g/mol. The number of carboxylic acids is 1. The third kappa shape index (κ3) is 11.9. The molecule has 0 aromatic rings. The van der Waals surface area contributed by atoms with Crippen LogP contribution in [0.25, 0.3) is 0 Å². The lowest BCUT2D eigenvalue weighted by molar-refractivity contribution is -0.137. The number of rotatable bonds is 8. The minimum atomic E-state index is -0.661. The first-order valence-corrected chi connectivity index (χ1v) is 8.75. The third-order valence-corrected chi connectivity index (χ3v) is 3.88. The van der Waals surface area contributed by atoms with E-state index >= 15 is 0 Å². The number of carboxylic acid groups (broad SMARTS) is 1. The first kappa shape index (κ1) is 13.9. The van der Waals surface area contributed by atoms with E-state index in [1.807, 2.05) is 0 Å². The van der Waals surface area contributed by atoms with E-state index in [2.05, 4.69) is 20.0 Å². The van der Waals surface area contributed by atoms with Crippen LogP contribution in [0.3, 0.4) is 0 Å². The fraction of sp³-hybridized carbons (Fsp3) is 0.909. The number of carbonyl (C=O) groups is 1. The summed E-state index contributed by atoms with van der Waals surface area (Å²) in [4.78, 5) is 10.2. The summed E-state index contributed by atoms with van der Waals surface area (Å²) in [7, 11) is -0.581. The van der Waals surface area contributed by atoms with Crippen molar-refractivity contribution < 1.29 is 9.90 Å². The van der Waals surface area contributed by atoms with Gasteiger partial charge < -0.3 is 5.11 Å². The van der Waals surface area contributed by atoms with Gasteiger partial charge in [-0.05, 0) is 19.3 Å². The van der Waals surface area contributed by atoms with Gasteiger partial charge in [-0.1, -0.05) is 12.8 Å². The van der Waals surface area contributed by atoms with E-state index < -0.39 is 13.2 Å². The summed E-state index contributed by atoms with van der Waals surface area (Å²) in [6.07, 6.45) is 7.45. The van der Waals surface area contributed by atoms with Crippen LogP contribution < -0.4 is 0 Å². The minimum Gasteiger partial charge on any atom is -0.481 e. The molecular formula is C11H24O2P+. The monoisotopic (exact) mass is 219 g/mol. The summed E-state index contributed by atoms with van der Waals surface area (Å²) in [6, 6.07) is 0. The third-order valence-electron chi connectivity index (χ3n) is 2.22. The van der Waals surface area contributed by atoms with E-state index in [-0.39, 0.29) is 0 Å². The summed E-state index contributed by atoms with van der Waals surface area (Å²) >= 11 is 0. The van der Waals surface area contributed by atoms with E-state index in [0.29, 0.717) is 6.42 Å². The van der Waals surface area contributed by atoms with Gasteiger partial charge in [0.05, 0.1) is 6.16 Å². The lowest BCUT2D eigenvalue weighted by Gasteiger charge is -2.10. The van der Waals surface area contributed by atoms with E-state index in [0.717, 1.165) is 12.8 Å². The molecule has 0 aliphatic carbocycles. The van der Waals surface area contributed by atoms with Crippen LogP contribution in [0.4, 0.5) is 0 Å². The molecule has 0 amide bonds. The highest BCUT2D eigenvalue weighted by atomic mass is 31.2. The molecule has 0 saturated carbocycles. The fourth-order valence-electron chi connectivity index (χ4n) is 1.39. The van der Waals surface area contributed by atoms with Crippen molar-refractivity contribution in [3.63, 3.8) is 0 Å². The van der Waals surface area contributed by atoms with Crippen molar-refractivity contribution >= 4 is 13.2 Å². The van der Waals surface area contributed by atoms with Crippen LogP contribution in [0.2, 0.25) is 0 Å². The van der Waals surface area contributed by atoms with Gasteiger partial charge in [0.1, 0.15) is 0 Å². The lowest BCUT2D eigenvalue weighted by atomic mass is 10.1. The van der Waals surface area contributed by atoms with Gasteiger partial charge in [0.15, 0.2) is 0 Å². The van der Waals surface area contributed by atoms with Crippen LogP contribution in [0.15, 0.2) is 0 Å². The van der Waals surface area contributed by atoms with Crippen LogP contribution in [0.5, 0.6) is 0 Å². The normalized spacial score (nSPS) is 11.6. The van der Waals surface area contributed by atoms with E-state index in [1.54, 1.807) is 0 Å². The molecular weight excluding hydrogens is 195 g/mol. The average Bonchev–Trinajstić information content (AvgIpc) is 2.00. The molecule has 0 bridgehead atoms. The van der Waals surface area contributed by atoms with Gasteiger partial charge in [-0.15, -0.1) is 0 Å². The maximum atomic E-state index is 10.2. The van der Waals surface area contributed by atoms with Crippen LogP contribution in [0.1, 0.15) is 38.5 Å². The molecule has 0 spiro atoms. The van der Waals surface area contributed by atoms with Crippen LogP contribution in [-0.2, 0) is 4.79 Å². The van der Waals surface area contributed by atoms with E-state index in [4.69, 9.17) is 5.11 Å². The highest BCUT2D eigenvalue weighted by Gasteiger charge is 2.15. The molecule has 0 aromatic heterocycles. The smallest absolute Gasteiger partial charge is 0.303 e. The Morgan fingerprint density at radius 2 is 1.50 bits per heavy atom. The summed E-state index contributed by atoms with van der Waals surface area (Å²) in [5.74, 6) is -0.661. The summed E-state index contributed by atoms with van der Waals surface area (Å²) in [5.41, 5.74) is 0. The van der Waals surface area contributed by atoms with Crippen molar-refractivity contribution in [2.24, 2.45) is 0 Å². The Hall–Kier alpha value is -0.100. The van der Waals surface area contributed by atoms with Crippen molar-refractivity contribution in [3.05, 3.63) is 0 Å². The number of hydrogen-bond donors (Lipinski definition) is 1. The highest BCUT2D eigenvalue weighted by molar-refractivity contribution is 7.73. The predicted molar refractivity (Wildman–Crippen MR) is 64.9 cm³/mol. The van der Waals surface area contributed by atoms with Crippen molar-refractivity contribution in [2.45, 2.75) is 38.5 Å². The van der Waals surface area contributed by atoms with Crippen molar-refractivity contribution in [1.82, 2.24) is 0 Å². The molecule has 0 unspecified atom stereocenters. The van der Waals surface area contributed by atoms with Gasteiger partial charge >= 0.3 is 5.97 Å². The van der Waals surface area contributed by atoms with Gasteiger partial charge in [-0.2, -0.15) is 0 Å². The second-order valence-corrected chi connectivity index (χ2v) is 9.95. The number of aliphatic carboxylic acids is 1. The maximum Gasteiger partial charge on any atom is 0.303 e. The minimum absolute atomic E-state index is 0.340. The maximum absolute atomic E-state index is 10.2. The Kier molecular flexibility index (Phi) is 7.17. The Balaban J connectivity index is 3.11. The van der Waals surface area contributed by atoms with Crippen molar-refractivity contribution in [1.29, 1.82) is 0 Å². The molecule has 0 aromatic carbocycles.